The lowest BCUT2D eigenvalue weighted by Crippen LogP contribution is -2.32. The molecule has 0 bridgehead atoms. The van der Waals surface area contributed by atoms with Crippen molar-refractivity contribution >= 4 is 11.7 Å². The molecule has 0 saturated carbocycles. The fourth-order valence-electron chi connectivity index (χ4n) is 1.67. The zero-order valence-corrected chi connectivity index (χ0v) is 11.4. The molecule has 0 saturated heterocycles. The minimum atomic E-state index is -0.869. The third-order valence-electron chi connectivity index (χ3n) is 2.65. The third kappa shape index (κ3) is 4.41. The predicted octanol–water partition coefficient (Wildman–Crippen LogP) is 3.30. The second-order valence-electron chi connectivity index (χ2n) is 4.28. The molecule has 0 spiro atoms. The molecule has 2 N–H and O–H groups in total. The molecule has 4 nitrogen and oxygen atoms in total. The summed E-state index contributed by atoms with van der Waals surface area (Å²) in [6.45, 7) is 0.162. The maximum Gasteiger partial charge on any atom is 0.319 e. The first-order valence-electron chi connectivity index (χ1n) is 6.43. The first-order valence-corrected chi connectivity index (χ1v) is 6.43. The number of halogens is 3. The van der Waals surface area contributed by atoms with Crippen LogP contribution in [0.5, 0.6) is 5.75 Å². The Morgan fingerprint density at radius 1 is 1.05 bits per heavy atom. The van der Waals surface area contributed by atoms with Crippen molar-refractivity contribution in [2.24, 2.45) is 0 Å². The van der Waals surface area contributed by atoms with Gasteiger partial charge in [0.05, 0.1) is 6.54 Å². The summed E-state index contributed by atoms with van der Waals surface area (Å²) in [5.41, 5.74) is -0.522. The number of amides is 2. The molecule has 0 aliphatic heterocycles. The number of para-hydroxylation sites is 1. The molecule has 0 heterocycles. The third-order valence-corrected chi connectivity index (χ3v) is 2.65. The van der Waals surface area contributed by atoms with Crippen molar-refractivity contribution in [2.75, 3.05) is 18.5 Å². The van der Waals surface area contributed by atoms with E-state index < -0.39 is 29.2 Å². The summed E-state index contributed by atoms with van der Waals surface area (Å²) >= 11 is 0. The number of carbonyl (C=O) groups is 1. The lowest BCUT2D eigenvalue weighted by atomic mass is 10.3. The van der Waals surface area contributed by atoms with E-state index in [9.17, 15) is 18.0 Å². The fourth-order valence-corrected chi connectivity index (χ4v) is 1.67. The molecule has 0 unspecified atom stereocenters. The van der Waals surface area contributed by atoms with Gasteiger partial charge in [-0.2, -0.15) is 0 Å². The van der Waals surface area contributed by atoms with Gasteiger partial charge in [-0.1, -0.05) is 12.1 Å². The number of benzene rings is 2. The number of rotatable bonds is 5. The molecule has 0 fully saturated rings. The molecule has 7 heteroatoms. The van der Waals surface area contributed by atoms with Crippen LogP contribution >= 0.6 is 0 Å². The van der Waals surface area contributed by atoms with E-state index >= 15 is 0 Å². The molecule has 0 aromatic heterocycles. The first kappa shape index (κ1) is 15.7. The van der Waals surface area contributed by atoms with Crippen LogP contribution in [0.2, 0.25) is 0 Å². The van der Waals surface area contributed by atoms with E-state index in [1.54, 1.807) is 6.07 Å². The fraction of sp³-hybridized carbons (Fsp3) is 0.133. The molecule has 2 aromatic carbocycles. The number of hydrogen-bond donors (Lipinski definition) is 2. The zero-order valence-electron chi connectivity index (χ0n) is 11.4. The molecule has 2 aromatic rings. The van der Waals surface area contributed by atoms with Gasteiger partial charge in [-0.05, 0) is 24.3 Å². The van der Waals surface area contributed by atoms with Gasteiger partial charge in [0.15, 0.2) is 0 Å². The van der Waals surface area contributed by atoms with Gasteiger partial charge in [-0.15, -0.1) is 0 Å². The van der Waals surface area contributed by atoms with Crippen molar-refractivity contribution in [2.45, 2.75) is 0 Å². The molecule has 2 rings (SSSR count). The summed E-state index contributed by atoms with van der Waals surface area (Å²) < 4.78 is 44.7. The average molecular weight is 310 g/mol. The number of carbonyl (C=O) groups excluding carboxylic acids is 1. The van der Waals surface area contributed by atoms with Gasteiger partial charge in [0.25, 0.3) is 0 Å². The molecule has 0 aliphatic rings. The van der Waals surface area contributed by atoms with Gasteiger partial charge in [0, 0.05) is 6.07 Å². The van der Waals surface area contributed by atoms with E-state index in [1.807, 2.05) is 0 Å². The normalized spacial score (nSPS) is 10.1. The number of hydrogen-bond acceptors (Lipinski definition) is 2. The monoisotopic (exact) mass is 310 g/mol. The Hall–Kier alpha value is -2.70. The second-order valence-corrected chi connectivity index (χ2v) is 4.28. The lowest BCUT2D eigenvalue weighted by molar-refractivity contribution is 0.247. The van der Waals surface area contributed by atoms with E-state index in [2.05, 4.69) is 10.6 Å². The number of ether oxygens (including phenoxy) is 1. The van der Waals surface area contributed by atoms with Crippen molar-refractivity contribution in [3.05, 3.63) is 59.9 Å². The highest BCUT2D eigenvalue weighted by Crippen LogP contribution is 2.17. The van der Waals surface area contributed by atoms with Crippen molar-refractivity contribution < 1.29 is 22.7 Å². The van der Waals surface area contributed by atoms with Crippen LogP contribution < -0.4 is 15.4 Å². The molecule has 0 atom stereocenters. The summed E-state index contributed by atoms with van der Waals surface area (Å²) in [6, 6.07) is 8.03. The Morgan fingerprint density at radius 2 is 1.73 bits per heavy atom. The largest absolute Gasteiger partial charge is 0.492 e. The number of urea groups is 1. The molecule has 116 valence electrons. The van der Waals surface area contributed by atoms with Crippen LogP contribution in [0.25, 0.3) is 0 Å². The standard InChI is InChI=1S/C15H13F3N2O2/c16-10-3-1-4-11(9-10)22-8-7-19-15(21)20-14-12(17)5-2-6-13(14)18/h1-6,9H,7-8H2,(H2,19,20,21). The first-order chi connectivity index (χ1) is 10.6. The Labute approximate surface area is 124 Å². The topological polar surface area (TPSA) is 50.4 Å². The Kier molecular flexibility index (Phi) is 5.24. The van der Waals surface area contributed by atoms with Crippen LogP contribution in [0.3, 0.4) is 0 Å². The predicted molar refractivity (Wildman–Crippen MR) is 75.3 cm³/mol. The van der Waals surface area contributed by atoms with Crippen molar-refractivity contribution in [3.8, 4) is 5.75 Å². The maximum atomic E-state index is 13.3. The van der Waals surface area contributed by atoms with Crippen LogP contribution in [0.4, 0.5) is 23.7 Å². The molecular weight excluding hydrogens is 297 g/mol. The Morgan fingerprint density at radius 3 is 2.41 bits per heavy atom. The highest BCUT2D eigenvalue weighted by atomic mass is 19.1. The van der Waals surface area contributed by atoms with Gasteiger partial charge in [0.2, 0.25) is 0 Å². The highest BCUT2D eigenvalue weighted by Gasteiger charge is 2.11. The molecule has 2 amide bonds. The van der Waals surface area contributed by atoms with Crippen molar-refractivity contribution in [3.63, 3.8) is 0 Å². The smallest absolute Gasteiger partial charge is 0.319 e. The van der Waals surface area contributed by atoms with E-state index in [0.717, 1.165) is 12.1 Å². The van der Waals surface area contributed by atoms with Crippen LogP contribution in [-0.2, 0) is 0 Å². The summed E-state index contributed by atoms with van der Waals surface area (Å²) in [5.74, 6) is -1.85. The SMILES string of the molecule is O=C(NCCOc1cccc(F)c1)Nc1c(F)cccc1F. The second kappa shape index (κ2) is 7.35. The van der Waals surface area contributed by atoms with Crippen molar-refractivity contribution in [1.29, 1.82) is 0 Å². The minimum Gasteiger partial charge on any atom is -0.492 e. The van der Waals surface area contributed by atoms with Gasteiger partial charge in [-0.3, -0.25) is 0 Å². The quantitative estimate of drug-likeness (QED) is 0.833. The Balaban J connectivity index is 1.76. The van der Waals surface area contributed by atoms with E-state index in [0.29, 0.717) is 5.75 Å². The summed E-state index contributed by atoms with van der Waals surface area (Å²) in [7, 11) is 0. The summed E-state index contributed by atoms with van der Waals surface area (Å²) in [6.07, 6.45) is 0. The van der Waals surface area contributed by atoms with Crippen molar-refractivity contribution in [1.82, 2.24) is 5.32 Å². The van der Waals surface area contributed by atoms with Gasteiger partial charge in [-0.25, -0.2) is 18.0 Å². The molecule has 22 heavy (non-hydrogen) atoms. The van der Waals surface area contributed by atoms with Gasteiger partial charge in [0.1, 0.15) is 35.5 Å². The maximum absolute atomic E-state index is 13.3. The molecule has 0 aliphatic carbocycles. The highest BCUT2D eigenvalue weighted by molar-refractivity contribution is 5.89. The van der Waals surface area contributed by atoms with E-state index in [-0.39, 0.29) is 13.2 Å². The van der Waals surface area contributed by atoms with Crippen LogP contribution in [0.15, 0.2) is 42.5 Å². The van der Waals surface area contributed by atoms with Crippen LogP contribution in [0, 0.1) is 17.5 Å². The minimum absolute atomic E-state index is 0.0800. The molecule has 0 radical (unpaired) electrons. The lowest BCUT2D eigenvalue weighted by Gasteiger charge is -2.10. The van der Waals surface area contributed by atoms with E-state index in [1.165, 1.54) is 24.3 Å². The average Bonchev–Trinajstić information content (AvgIpc) is 2.48. The summed E-state index contributed by atoms with van der Waals surface area (Å²) in [4.78, 5) is 11.5. The van der Waals surface area contributed by atoms with Gasteiger partial charge < -0.3 is 15.4 Å². The van der Waals surface area contributed by atoms with Crippen LogP contribution in [0.1, 0.15) is 0 Å². The Bertz CT molecular complexity index is 645. The van der Waals surface area contributed by atoms with Crippen LogP contribution in [-0.4, -0.2) is 19.2 Å². The molecular formula is C15H13F3N2O2. The van der Waals surface area contributed by atoms with Gasteiger partial charge >= 0.3 is 6.03 Å². The number of nitrogens with one attached hydrogen (secondary N) is 2. The zero-order chi connectivity index (χ0) is 15.9. The number of anilines is 1. The summed E-state index contributed by atoms with van der Waals surface area (Å²) in [5, 5.41) is 4.44. The van der Waals surface area contributed by atoms with E-state index in [4.69, 9.17) is 4.74 Å².